The molecular formula is C8H11NO4S. The predicted molar refractivity (Wildman–Crippen MR) is 51.2 cm³/mol. The zero-order valence-electron chi connectivity index (χ0n) is 7.54. The number of primary sulfonamides is 1. The summed E-state index contributed by atoms with van der Waals surface area (Å²) < 4.78 is 21.5. The quantitative estimate of drug-likeness (QED) is 0.663. The normalized spacial score (nSPS) is 9.86. The van der Waals surface area contributed by atoms with Crippen molar-refractivity contribution in [2.45, 2.75) is 11.8 Å². The number of carboxylic acid groups (broad SMARTS) is 1. The first kappa shape index (κ1) is 12.6. The molecule has 1 rings (SSSR count). The molecule has 0 aliphatic heterocycles. The molecule has 0 radical (unpaired) electrons. The van der Waals surface area contributed by atoms with Gasteiger partial charge in [-0.25, -0.2) is 13.6 Å². The van der Waals surface area contributed by atoms with Gasteiger partial charge in [0.2, 0.25) is 10.0 Å². The van der Waals surface area contributed by atoms with Gasteiger partial charge in [0, 0.05) is 0 Å². The lowest BCUT2D eigenvalue weighted by Gasteiger charge is -1.97. The summed E-state index contributed by atoms with van der Waals surface area (Å²) in [5.74, 6) is 0. The molecule has 0 amide bonds. The number of hydrogen-bond acceptors (Lipinski definition) is 3. The molecule has 0 aliphatic rings. The molecule has 0 fully saturated rings. The van der Waals surface area contributed by atoms with E-state index in [4.69, 9.17) is 15.0 Å². The molecule has 0 aliphatic carbocycles. The van der Waals surface area contributed by atoms with Gasteiger partial charge in [-0.05, 0) is 24.6 Å². The highest BCUT2D eigenvalue weighted by atomic mass is 32.2. The topological polar surface area (TPSA) is 97.5 Å². The van der Waals surface area contributed by atoms with Crippen LogP contribution in [0.2, 0.25) is 0 Å². The van der Waals surface area contributed by atoms with Crippen LogP contribution in [0.4, 0.5) is 0 Å². The van der Waals surface area contributed by atoms with Crippen molar-refractivity contribution in [3.8, 4) is 0 Å². The van der Waals surface area contributed by atoms with Crippen LogP contribution >= 0.6 is 0 Å². The maximum atomic E-state index is 10.8. The van der Waals surface area contributed by atoms with Crippen LogP contribution in [-0.4, -0.2) is 20.0 Å². The minimum Gasteiger partial charge on any atom is -0.483 e. The van der Waals surface area contributed by atoms with Crippen LogP contribution in [0.15, 0.2) is 29.2 Å². The molecule has 0 saturated heterocycles. The Labute approximate surface area is 82.2 Å². The third kappa shape index (κ3) is 4.58. The number of hydrogen-bond donors (Lipinski definition) is 2. The van der Waals surface area contributed by atoms with Crippen LogP contribution in [0.5, 0.6) is 0 Å². The number of nitrogens with two attached hydrogens (primary N) is 1. The Morgan fingerprint density at radius 2 is 1.93 bits per heavy atom. The third-order valence-corrected chi connectivity index (χ3v) is 2.23. The maximum Gasteiger partial charge on any atom is 0.290 e. The molecule has 78 valence electrons. The number of sulfonamides is 1. The van der Waals surface area contributed by atoms with Crippen LogP contribution in [0.1, 0.15) is 5.56 Å². The van der Waals surface area contributed by atoms with E-state index in [9.17, 15) is 8.42 Å². The van der Waals surface area contributed by atoms with Gasteiger partial charge in [0.1, 0.15) is 0 Å². The van der Waals surface area contributed by atoms with E-state index in [0.717, 1.165) is 5.56 Å². The van der Waals surface area contributed by atoms with Gasteiger partial charge in [-0.1, -0.05) is 12.1 Å². The lowest BCUT2D eigenvalue weighted by molar-refractivity contribution is -0.122. The Morgan fingerprint density at radius 1 is 1.43 bits per heavy atom. The van der Waals surface area contributed by atoms with Crippen molar-refractivity contribution >= 4 is 16.5 Å². The van der Waals surface area contributed by atoms with Crippen molar-refractivity contribution in [2.24, 2.45) is 5.14 Å². The van der Waals surface area contributed by atoms with E-state index in [1.165, 1.54) is 12.1 Å². The van der Waals surface area contributed by atoms with E-state index < -0.39 is 10.0 Å². The molecule has 0 saturated carbocycles. The minimum absolute atomic E-state index is 0.164. The molecule has 5 nitrogen and oxygen atoms in total. The second kappa shape index (κ2) is 5.36. The first-order valence-corrected chi connectivity index (χ1v) is 5.13. The molecular weight excluding hydrogens is 206 g/mol. The van der Waals surface area contributed by atoms with Crippen molar-refractivity contribution < 1.29 is 18.3 Å². The van der Waals surface area contributed by atoms with Crippen molar-refractivity contribution in [2.75, 3.05) is 0 Å². The third-order valence-electron chi connectivity index (χ3n) is 1.32. The minimum atomic E-state index is -3.53. The van der Waals surface area contributed by atoms with Gasteiger partial charge < -0.3 is 5.11 Å². The zero-order valence-corrected chi connectivity index (χ0v) is 8.36. The summed E-state index contributed by atoms with van der Waals surface area (Å²) in [5, 5.41) is 11.8. The lowest BCUT2D eigenvalue weighted by atomic mass is 10.2. The molecule has 0 spiro atoms. The van der Waals surface area contributed by atoms with Gasteiger partial charge in [0.25, 0.3) is 6.47 Å². The SMILES string of the molecule is Cc1cccc(S(N)(=O)=O)c1.O=CO. The summed E-state index contributed by atoms with van der Waals surface area (Å²) in [4.78, 5) is 8.53. The van der Waals surface area contributed by atoms with E-state index in [-0.39, 0.29) is 11.4 Å². The first-order valence-electron chi connectivity index (χ1n) is 3.59. The Hall–Kier alpha value is -1.40. The molecule has 1 aromatic carbocycles. The fraction of sp³-hybridized carbons (Fsp3) is 0.125. The first-order chi connectivity index (χ1) is 6.41. The average molecular weight is 217 g/mol. The number of aryl methyl sites for hydroxylation is 1. The van der Waals surface area contributed by atoms with E-state index in [1.54, 1.807) is 6.07 Å². The maximum absolute atomic E-state index is 10.8. The summed E-state index contributed by atoms with van der Waals surface area (Å²) in [7, 11) is -3.53. The molecule has 0 bridgehead atoms. The lowest BCUT2D eigenvalue weighted by Crippen LogP contribution is -2.11. The molecule has 0 atom stereocenters. The molecule has 0 unspecified atom stereocenters. The standard InChI is InChI=1S/C7H9NO2S.CH2O2/c1-6-3-2-4-7(5-6)11(8,9)10;2-1-3/h2-5H,1H3,(H2,8,9,10);1H,(H,2,3). The Morgan fingerprint density at radius 3 is 2.21 bits per heavy atom. The molecule has 0 aromatic heterocycles. The number of rotatable bonds is 1. The van der Waals surface area contributed by atoms with E-state index >= 15 is 0 Å². The Kier molecular flexibility index (Phi) is 4.82. The van der Waals surface area contributed by atoms with Crippen LogP contribution in [0, 0.1) is 6.92 Å². The highest BCUT2D eigenvalue weighted by Gasteiger charge is 2.05. The van der Waals surface area contributed by atoms with E-state index in [2.05, 4.69) is 0 Å². The van der Waals surface area contributed by atoms with Gasteiger partial charge in [0.05, 0.1) is 4.90 Å². The highest BCUT2D eigenvalue weighted by molar-refractivity contribution is 7.89. The van der Waals surface area contributed by atoms with Gasteiger partial charge in [-0.3, -0.25) is 4.79 Å². The van der Waals surface area contributed by atoms with Crippen LogP contribution in [0.3, 0.4) is 0 Å². The van der Waals surface area contributed by atoms with E-state index in [1.807, 2.05) is 13.0 Å². The zero-order chi connectivity index (χ0) is 11.2. The molecule has 3 N–H and O–H groups in total. The average Bonchev–Trinajstić information content (AvgIpc) is 2.04. The largest absolute Gasteiger partial charge is 0.483 e. The highest BCUT2D eigenvalue weighted by Crippen LogP contribution is 2.07. The van der Waals surface area contributed by atoms with Gasteiger partial charge >= 0.3 is 0 Å². The molecule has 6 heteroatoms. The molecule has 0 heterocycles. The summed E-state index contributed by atoms with van der Waals surface area (Å²) >= 11 is 0. The van der Waals surface area contributed by atoms with Crippen molar-refractivity contribution in [1.29, 1.82) is 0 Å². The molecule has 14 heavy (non-hydrogen) atoms. The van der Waals surface area contributed by atoms with Gasteiger partial charge in [0.15, 0.2) is 0 Å². The summed E-state index contributed by atoms with van der Waals surface area (Å²) in [5.41, 5.74) is 0.886. The van der Waals surface area contributed by atoms with Crippen molar-refractivity contribution in [3.05, 3.63) is 29.8 Å². The number of carbonyl (C=O) groups is 1. The summed E-state index contributed by atoms with van der Waals surface area (Å²) in [6, 6.07) is 6.49. The monoisotopic (exact) mass is 217 g/mol. The summed E-state index contributed by atoms with van der Waals surface area (Å²) in [6.07, 6.45) is 0. The molecule has 1 aromatic rings. The van der Waals surface area contributed by atoms with Crippen molar-refractivity contribution in [3.63, 3.8) is 0 Å². The van der Waals surface area contributed by atoms with Crippen LogP contribution in [-0.2, 0) is 14.8 Å². The summed E-state index contributed by atoms with van der Waals surface area (Å²) in [6.45, 7) is 1.56. The fourth-order valence-electron chi connectivity index (χ4n) is 0.792. The van der Waals surface area contributed by atoms with E-state index in [0.29, 0.717) is 0 Å². The predicted octanol–water partition coefficient (Wildman–Crippen LogP) is 0.343. The second-order valence-corrected chi connectivity index (χ2v) is 4.03. The second-order valence-electron chi connectivity index (χ2n) is 2.47. The Bertz CT molecular complexity index is 400. The van der Waals surface area contributed by atoms with Crippen molar-refractivity contribution in [1.82, 2.24) is 0 Å². The van der Waals surface area contributed by atoms with Gasteiger partial charge in [-0.15, -0.1) is 0 Å². The Balaban J connectivity index is 0.000000500. The smallest absolute Gasteiger partial charge is 0.290 e. The fourth-order valence-corrected chi connectivity index (χ4v) is 1.41. The number of benzene rings is 1. The van der Waals surface area contributed by atoms with Gasteiger partial charge in [-0.2, -0.15) is 0 Å². The van der Waals surface area contributed by atoms with Crippen LogP contribution < -0.4 is 5.14 Å². The van der Waals surface area contributed by atoms with Crippen LogP contribution in [0.25, 0.3) is 0 Å².